The van der Waals surface area contributed by atoms with Gasteiger partial charge in [-0.15, -0.1) is 0 Å². The van der Waals surface area contributed by atoms with Crippen LogP contribution in [0.15, 0.2) is 46.1 Å². The van der Waals surface area contributed by atoms with E-state index in [0.717, 1.165) is 10.2 Å². The molecular weight excluding hydrogens is 322 g/mol. The Hall–Kier alpha value is -2.21. The number of carbonyl (C=O) groups is 1. The predicted molar refractivity (Wildman–Crippen MR) is 79.8 cm³/mol. The van der Waals surface area contributed by atoms with Crippen LogP contribution >= 0.6 is 15.9 Å². The summed E-state index contributed by atoms with van der Waals surface area (Å²) >= 11 is 3.33. The van der Waals surface area contributed by atoms with Crippen LogP contribution < -0.4 is 5.43 Å². The van der Waals surface area contributed by atoms with Crippen molar-refractivity contribution >= 4 is 28.1 Å². The van der Waals surface area contributed by atoms with E-state index in [1.807, 2.05) is 6.92 Å². The van der Waals surface area contributed by atoms with Crippen LogP contribution in [-0.4, -0.2) is 22.2 Å². The molecule has 1 amide bonds. The lowest BCUT2D eigenvalue weighted by Crippen LogP contribution is -2.17. The highest BCUT2D eigenvalue weighted by Gasteiger charge is 2.04. The smallest absolute Gasteiger partial charge is 0.272 e. The number of rotatable bonds is 3. The molecule has 0 radical (unpaired) electrons. The minimum atomic E-state index is -0.343. The average Bonchev–Trinajstić information content (AvgIpc) is 2.43. The van der Waals surface area contributed by atoms with Crippen LogP contribution in [0.25, 0.3) is 0 Å². The summed E-state index contributed by atoms with van der Waals surface area (Å²) in [4.78, 5) is 15.8. The van der Waals surface area contributed by atoms with E-state index in [9.17, 15) is 9.90 Å². The number of aromatic nitrogens is 1. The van der Waals surface area contributed by atoms with Crippen molar-refractivity contribution in [2.24, 2.45) is 5.10 Å². The number of halogens is 1. The number of pyridine rings is 1. The molecule has 0 unspecified atom stereocenters. The van der Waals surface area contributed by atoms with Crippen LogP contribution in [0.3, 0.4) is 0 Å². The number of aromatic hydroxyl groups is 1. The van der Waals surface area contributed by atoms with Crippen molar-refractivity contribution in [2.75, 3.05) is 0 Å². The van der Waals surface area contributed by atoms with E-state index in [1.54, 1.807) is 24.3 Å². The fraction of sp³-hybridized carbons (Fsp3) is 0.0714. The van der Waals surface area contributed by atoms with Crippen LogP contribution in [0.2, 0.25) is 0 Å². The first-order valence-electron chi connectivity index (χ1n) is 5.81. The summed E-state index contributed by atoms with van der Waals surface area (Å²) < 4.78 is 0.769. The molecule has 0 saturated carbocycles. The van der Waals surface area contributed by atoms with Crippen molar-refractivity contribution in [2.45, 2.75) is 6.92 Å². The third-order valence-electron chi connectivity index (χ3n) is 2.52. The maximum atomic E-state index is 11.8. The highest BCUT2D eigenvalue weighted by atomic mass is 79.9. The Balaban J connectivity index is 2.04. The van der Waals surface area contributed by atoms with Gasteiger partial charge in [-0.05, 0) is 37.3 Å². The number of hydrogen-bond donors (Lipinski definition) is 2. The van der Waals surface area contributed by atoms with Gasteiger partial charge >= 0.3 is 0 Å². The van der Waals surface area contributed by atoms with Gasteiger partial charge in [-0.2, -0.15) is 5.10 Å². The van der Waals surface area contributed by atoms with Crippen LogP contribution in [0.5, 0.6) is 5.75 Å². The Labute approximate surface area is 124 Å². The van der Waals surface area contributed by atoms with Crippen LogP contribution in [-0.2, 0) is 0 Å². The zero-order chi connectivity index (χ0) is 14.5. The molecule has 2 N–H and O–H groups in total. The van der Waals surface area contributed by atoms with E-state index >= 15 is 0 Å². The molecule has 102 valence electrons. The van der Waals surface area contributed by atoms with Crippen LogP contribution in [0, 0.1) is 6.92 Å². The van der Waals surface area contributed by atoms with Crippen LogP contribution in [0.1, 0.15) is 21.6 Å². The second-order valence-corrected chi connectivity index (χ2v) is 4.95. The van der Waals surface area contributed by atoms with Gasteiger partial charge in [0.2, 0.25) is 0 Å². The van der Waals surface area contributed by atoms with Crippen molar-refractivity contribution in [3.8, 4) is 5.75 Å². The number of amides is 1. The predicted octanol–water partition coefficient (Wildman–Crippen LogP) is 2.62. The molecule has 1 aromatic carbocycles. The number of phenols is 1. The van der Waals surface area contributed by atoms with Crippen molar-refractivity contribution < 1.29 is 9.90 Å². The van der Waals surface area contributed by atoms with E-state index in [2.05, 4.69) is 31.4 Å². The molecular formula is C14H12BrN3O2. The molecule has 6 heteroatoms. The van der Waals surface area contributed by atoms with Gasteiger partial charge in [-0.25, -0.2) is 5.43 Å². The SMILES string of the molecule is Cc1ccc(C(=O)N/N=C/c2cc(O)ccc2Br)cn1. The van der Waals surface area contributed by atoms with Crippen molar-refractivity contribution in [1.29, 1.82) is 0 Å². The molecule has 0 fully saturated rings. The molecule has 0 saturated heterocycles. The van der Waals surface area contributed by atoms with Gasteiger partial charge in [0.1, 0.15) is 5.75 Å². The molecule has 5 nitrogen and oxygen atoms in total. The van der Waals surface area contributed by atoms with E-state index in [4.69, 9.17) is 0 Å². The molecule has 0 aliphatic heterocycles. The highest BCUT2D eigenvalue weighted by molar-refractivity contribution is 9.10. The molecule has 0 atom stereocenters. The quantitative estimate of drug-likeness (QED) is 0.669. The van der Waals surface area contributed by atoms with Crippen molar-refractivity contribution in [3.63, 3.8) is 0 Å². The van der Waals surface area contributed by atoms with E-state index in [0.29, 0.717) is 11.1 Å². The molecule has 0 aliphatic carbocycles. The number of aryl methyl sites for hydroxylation is 1. The first-order valence-corrected chi connectivity index (χ1v) is 6.60. The number of nitrogens with zero attached hydrogens (tertiary/aromatic N) is 2. The fourth-order valence-corrected chi connectivity index (χ4v) is 1.81. The second-order valence-electron chi connectivity index (χ2n) is 4.09. The zero-order valence-corrected chi connectivity index (χ0v) is 12.3. The number of hydrazone groups is 1. The molecule has 0 spiro atoms. The molecule has 2 aromatic rings. The minimum absolute atomic E-state index is 0.128. The topological polar surface area (TPSA) is 74.6 Å². The zero-order valence-electron chi connectivity index (χ0n) is 10.7. The highest BCUT2D eigenvalue weighted by Crippen LogP contribution is 2.19. The summed E-state index contributed by atoms with van der Waals surface area (Å²) in [6, 6.07) is 8.22. The van der Waals surface area contributed by atoms with Crippen molar-refractivity contribution in [1.82, 2.24) is 10.4 Å². The van der Waals surface area contributed by atoms with Gasteiger partial charge in [0, 0.05) is 21.9 Å². The molecule has 1 aromatic heterocycles. The third kappa shape index (κ3) is 3.64. The van der Waals surface area contributed by atoms with E-state index < -0.39 is 0 Å². The lowest BCUT2D eigenvalue weighted by atomic mass is 10.2. The summed E-state index contributed by atoms with van der Waals surface area (Å²) in [5.41, 5.74) is 4.34. The first-order chi connectivity index (χ1) is 9.56. The molecule has 1 heterocycles. The van der Waals surface area contributed by atoms with E-state index in [1.165, 1.54) is 18.5 Å². The normalized spacial score (nSPS) is 10.7. The number of phenolic OH excluding ortho intramolecular Hbond substituents is 1. The monoisotopic (exact) mass is 333 g/mol. The maximum Gasteiger partial charge on any atom is 0.272 e. The Bertz CT molecular complexity index is 654. The summed E-state index contributed by atoms with van der Waals surface area (Å²) in [6.07, 6.45) is 2.94. The minimum Gasteiger partial charge on any atom is -0.508 e. The lowest BCUT2D eigenvalue weighted by molar-refractivity contribution is 0.0955. The molecule has 20 heavy (non-hydrogen) atoms. The lowest BCUT2D eigenvalue weighted by Gasteiger charge is -2.01. The summed E-state index contributed by atoms with van der Waals surface area (Å²) in [7, 11) is 0. The second kappa shape index (κ2) is 6.29. The molecule has 0 bridgehead atoms. The van der Waals surface area contributed by atoms with Gasteiger partial charge in [0.15, 0.2) is 0 Å². The standard InChI is InChI=1S/C14H12BrN3O2/c1-9-2-3-10(7-16-9)14(20)18-17-8-11-6-12(19)4-5-13(11)15/h2-8,19H,1H3,(H,18,20)/b17-8+. The largest absolute Gasteiger partial charge is 0.508 e. The summed E-state index contributed by atoms with van der Waals surface area (Å²) in [6.45, 7) is 1.85. The number of nitrogens with one attached hydrogen (secondary N) is 1. The summed E-state index contributed by atoms with van der Waals surface area (Å²) in [5, 5.41) is 13.2. The summed E-state index contributed by atoms with van der Waals surface area (Å²) in [5.74, 6) is -0.214. The first kappa shape index (κ1) is 14.2. The van der Waals surface area contributed by atoms with Gasteiger partial charge < -0.3 is 5.11 Å². The van der Waals surface area contributed by atoms with Gasteiger partial charge in [-0.1, -0.05) is 15.9 Å². The Kier molecular flexibility index (Phi) is 4.47. The van der Waals surface area contributed by atoms with Gasteiger partial charge in [0.25, 0.3) is 5.91 Å². The third-order valence-corrected chi connectivity index (χ3v) is 3.25. The Morgan fingerprint density at radius 2 is 2.20 bits per heavy atom. The van der Waals surface area contributed by atoms with Crippen molar-refractivity contribution in [3.05, 3.63) is 57.8 Å². The molecule has 2 rings (SSSR count). The maximum absolute atomic E-state index is 11.8. The fourth-order valence-electron chi connectivity index (χ4n) is 1.46. The van der Waals surface area contributed by atoms with Gasteiger partial charge in [-0.3, -0.25) is 9.78 Å². The number of carbonyl (C=O) groups excluding carboxylic acids is 1. The van der Waals surface area contributed by atoms with Gasteiger partial charge in [0.05, 0.1) is 11.8 Å². The number of hydrogen-bond acceptors (Lipinski definition) is 4. The molecule has 0 aliphatic rings. The van der Waals surface area contributed by atoms with Crippen LogP contribution in [0.4, 0.5) is 0 Å². The Morgan fingerprint density at radius 1 is 1.40 bits per heavy atom. The average molecular weight is 334 g/mol. The Morgan fingerprint density at radius 3 is 2.90 bits per heavy atom. The van der Waals surface area contributed by atoms with E-state index in [-0.39, 0.29) is 11.7 Å². The number of benzene rings is 1.